The predicted octanol–water partition coefficient (Wildman–Crippen LogP) is 0.817. The summed E-state index contributed by atoms with van der Waals surface area (Å²) in [6, 6.07) is 0. The predicted molar refractivity (Wildman–Crippen MR) is 61.5 cm³/mol. The summed E-state index contributed by atoms with van der Waals surface area (Å²) < 4.78 is 5.06. The lowest BCUT2D eigenvalue weighted by atomic mass is 10.1. The van der Waals surface area contributed by atoms with Gasteiger partial charge < -0.3 is 14.5 Å². The van der Waals surface area contributed by atoms with Crippen LogP contribution < -0.4 is 0 Å². The maximum absolute atomic E-state index is 11.9. The third kappa shape index (κ3) is 2.66. The van der Waals surface area contributed by atoms with Crippen LogP contribution >= 0.6 is 0 Å². The van der Waals surface area contributed by atoms with Crippen LogP contribution in [0.15, 0.2) is 4.52 Å². The van der Waals surface area contributed by atoms with Crippen LogP contribution in [0.3, 0.4) is 0 Å². The number of hydrogen-bond acceptors (Lipinski definition) is 4. The number of rotatable bonds is 3. The average Bonchev–Trinajstić information content (AvgIpc) is 2.84. The molecule has 5 nitrogen and oxygen atoms in total. The molecular formula is C12H18N2O3. The van der Waals surface area contributed by atoms with Crippen molar-refractivity contribution in [2.24, 2.45) is 0 Å². The van der Waals surface area contributed by atoms with E-state index in [0.29, 0.717) is 32.4 Å². The highest BCUT2D eigenvalue weighted by Gasteiger charge is 2.24. The van der Waals surface area contributed by atoms with Crippen molar-refractivity contribution in [1.82, 2.24) is 10.1 Å². The molecule has 1 atom stereocenters. The molecule has 1 fully saturated rings. The molecule has 0 aromatic carbocycles. The van der Waals surface area contributed by atoms with Crippen LogP contribution in [-0.2, 0) is 11.2 Å². The van der Waals surface area contributed by atoms with Crippen LogP contribution in [-0.4, -0.2) is 40.3 Å². The van der Waals surface area contributed by atoms with Crippen LogP contribution in [0.5, 0.6) is 0 Å². The highest BCUT2D eigenvalue weighted by Crippen LogP contribution is 2.16. The molecule has 2 rings (SSSR count). The smallest absolute Gasteiger partial charge is 0.222 e. The van der Waals surface area contributed by atoms with Gasteiger partial charge in [0.1, 0.15) is 5.76 Å². The molecule has 1 saturated heterocycles. The van der Waals surface area contributed by atoms with Crippen LogP contribution in [0.25, 0.3) is 0 Å². The van der Waals surface area contributed by atoms with Crippen molar-refractivity contribution in [3.05, 3.63) is 17.0 Å². The summed E-state index contributed by atoms with van der Waals surface area (Å²) in [5.41, 5.74) is 1.88. The Morgan fingerprint density at radius 3 is 2.88 bits per heavy atom. The molecule has 0 aliphatic carbocycles. The van der Waals surface area contributed by atoms with Gasteiger partial charge in [-0.2, -0.15) is 0 Å². The van der Waals surface area contributed by atoms with Gasteiger partial charge in [0, 0.05) is 25.1 Å². The van der Waals surface area contributed by atoms with Gasteiger partial charge in [-0.3, -0.25) is 4.79 Å². The molecule has 1 N–H and O–H groups in total. The zero-order valence-electron chi connectivity index (χ0n) is 10.3. The molecular weight excluding hydrogens is 220 g/mol. The lowest BCUT2D eigenvalue weighted by Gasteiger charge is -2.15. The molecule has 1 aromatic rings. The number of aromatic nitrogens is 1. The summed E-state index contributed by atoms with van der Waals surface area (Å²) in [6.07, 6.45) is 1.46. The van der Waals surface area contributed by atoms with Gasteiger partial charge in [0.05, 0.1) is 11.8 Å². The summed E-state index contributed by atoms with van der Waals surface area (Å²) >= 11 is 0. The molecule has 0 bridgehead atoms. The molecule has 2 heterocycles. The number of carbonyl (C=O) groups excluding carboxylic acids is 1. The minimum atomic E-state index is -0.349. The summed E-state index contributed by atoms with van der Waals surface area (Å²) in [7, 11) is 0. The van der Waals surface area contributed by atoms with Crippen LogP contribution in [0.4, 0.5) is 0 Å². The van der Waals surface area contributed by atoms with Gasteiger partial charge in [-0.05, 0) is 26.7 Å². The Morgan fingerprint density at radius 1 is 1.59 bits per heavy atom. The Morgan fingerprint density at radius 2 is 2.35 bits per heavy atom. The second-order valence-corrected chi connectivity index (χ2v) is 4.58. The molecule has 1 unspecified atom stereocenters. The maximum Gasteiger partial charge on any atom is 0.222 e. The third-order valence-electron chi connectivity index (χ3n) is 3.29. The van der Waals surface area contributed by atoms with E-state index in [2.05, 4.69) is 5.16 Å². The van der Waals surface area contributed by atoms with Crippen LogP contribution in [0.1, 0.15) is 29.9 Å². The molecule has 1 amide bonds. The Balaban J connectivity index is 1.88. The highest BCUT2D eigenvalue weighted by atomic mass is 16.5. The Kier molecular flexibility index (Phi) is 3.47. The normalized spacial score (nSPS) is 19.9. The van der Waals surface area contributed by atoms with Crippen molar-refractivity contribution < 1.29 is 14.4 Å². The number of carbonyl (C=O) groups is 1. The molecule has 1 aliphatic heterocycles. The van der Waals surface area contributed by atoms with Gasteiger partial charge in [0.2, 0.25) is 5.91 Å². The zero-order valence-corrected chi connectivity index (χ0v) is 10.3. The van der Waals surface area contributed by atoms with Crippen molar-refractivity contribution in [3.8, 4) is 0 Å². The van der Waals surface area contributed by atoms with E-state index < -0.39 is 0 Å². The summed E-state index contributed by atoms with van der Waals surface area (Å²) in [6.45, 7) is 4.89. The molecule has 94 valence electrons. The van der Waals surface area contributed by atoms with E-state index >= 15 is 0 Å². The fraction of sp³-hybridized carbons (Fsp3) is 0.667. The number of likely N-dealkylation sites (tertiary alicyclic amines) is 1. The number of aryl methyl sites for hydroxylation is 2. The Hall–Kier alpha value is -1.36. The van der Waals surface area contributed by atoms with E-state index in [4.69, 9.17) is 4.52 Å². The Bertz CT molecular complexity index is 394. The standard InChI is InChI=1S/C12H18N2O3/c1-8-11(9(2)17-13-8)3-4-12(16)14-6-5-10(15)7-14/h10,15H,3-7H2,1-2H3. The first-order valence-electron chi connectivity index (χ1n) is 5.95. The van der Waals surface area contributed by atoms with Crippen LogP contribution in [0, 0.1) is 13.8 Å². The van der Waals surface area contributed by atoms with E-state index in [-0.39, 0.29) is 12.0 Å². The maximum atomic E-state index is 11.9. The second-order valence-electron chi connectivity index (χ2n) is 4.58. The molecule has 1 aliphatic rings. The summed E-state index contributed by atoms with van der Waals surface area (Å²) in [4.78, 5) is 13.6. The molecule has 0 saturated carbocycles. The van der Waals surface area contributed by atoms with Crippen LogP contribution in [0.2, 0.25) is 0 Å². The quantitative estimate of drug-likeness (QED) is 0.846. The fourth-order valence-electron chi connectivity index (χ4n) is 2.22. The van der Waals surface area contributed by atoms with Crippen molar-refractivity contribution in [3.63, 3.8) is 0 Å². The van der Waals surface area contributed by atoms with E-state index in [1.54, 1.807) is 4.90 Å². The van der Waals surface area contributed by atoms with Gasteiger partial charge in [0.15, 0.2) is 0 Å². The molecule has 5 heteroatoms. The van der Waals surface area contributed by atoms with E-state index in [1.165, 1.54) is 0 Å². The van der Waals surface area contributed by atoms with Gasteiger partial charge in [-0.15, -0.1) is 0 Å². The first-order chi connectivity index (χ1) is 8.08. The van der Waals surface area contributed by atoms with Crippen molar-refractivity contribution in [1.29, 1.82) is 0 Å². The number of hydrogen-bond donors (Lipinski definition) is 1. The summed E-state index contributed by atoms with van der Waals surface area (Å²) in [5, 5.41) is 13.2. The highest BCUT2D eigenvalue weighted by molar-refractivity contribution is 5.76. The van der Waals surface area contributed by atoms with Crippen molar-refractivity contribution in [2.45, 2.75) is 39.2 Å². The van der Waals surface area contributed by atoms with E-state index in [9.17, 15) is 9.90 Å². The average molecular weight is 238 g/mol. The number of aliphatic hydroxyl groups is 1. The fourth-order valence-corrected chi connectivity index (χ4v) is 2.22. The van der Waals surface area contributed by atoms with Gasteiger partial charge in [-0.1, -0.05) is 5.16 Å². The molecule has 1 aromatic heterocycles. The van der Waals surface area contributed by atoms with Crippen molar-refractivity contribution >= 4 is 5.91 Å². The first kappa shape index (κ1) is 12.1. The second kappa shape index (κ2) is 4.87. The molecule has 0 spiro atoms. The lowest BCUT2D eigenvalue weighted by molar-refractivity contribution is -0.130. The van der Waals surface area contributed by atoms with Gasteiger partial charge in [0.25, 0.3) is 0 Å². The topological polar surface area (TPSA) is 66.6 Å². The number of aliphatic hydroxyl groups excluding tert-OH is 1. The van der Waals surface area contributed by atoms with Gasteiger partial charge >= 0.3 is 0 Å². The van der Waals surface area contributed by atoms with E-state index in [0.717, 1.165) is 17.0 Å². The Labute approximate surface area is 100 Å². The SMILES string of the molecule is Cc1noc(C)c1CCC(=O)N1CCC(O)C1. The molecule has 0 radical (unpaired) electrons. The lowest BCUT2D eigenvalue weighted by Crippen LogP contribution is -2.29. The zero-order chi connectivity index (χ0) is 12.4. The van der Waals surface area contributed by atoms with Gasteiger partial charge in [-0.25, -0.2) is 0 Å². The van der Waals surface area contributed by atoms with E-state index in [1.807, 2.05) is 13.8 Å². The number of β-amino-alcohol motifs (C(OH)–C–C–N with tert-alkyl or cyclic N) is 1. The van der Waals surface area contributed by atoms with Crippen molar-refractivity contribution in [2.75, 3.05) is 13.1 Å². The minimum Gasteiger partial charge on any atom is -0.391 e. The largest absolute Gasteiger partial charge is 0.391 e. The number of amides is 1. The summed E-state index contributed by atoms with van der Waals surface area (Å²) in [5.74, 6) is 0.887. The third-order valence-corrected chi connectivity index (χ3v) is 3.29. The molecule has 17 heavy (non-hydrogen) atoms. The first-order valence-corrected chi connectivity index (χ1v) is 5.95. The number of nitrogens with zero attached hydrogens (tertiary/aromatic N) is 2. The monoisotopic (exact) mass is 238 g/mol. The minimum absolute atomic E-state index is 0.0987.